The number of hydrogen-bond acceptors (Lipinski definition) is 5. The molecule has 1 aromatic heterocycles. The summed E-state index contributed by atoms with van der Waals surface area (Å²) in [5.74, 6) is 0.545. The predicted molar refractivity (Wildman–Crippen MR) is 107 cm³/mol. The lowest BCUT2D eigenvalue weighted by atomic mass is 10.0. The van der Waals surface area contributed by atoms with Gasteiger partial charge < -0.3 is 19.6 Å². The number of hydrogen-bond donors (Lipinski definition) is 1. The van der Waals surface area contributed by atoms with Crippen LogP contribution in [0.1, 0.15) is 25.8 Å². The number of pyridine rings is 1. The van der Waals surface area contributed by atoms with Gasteiger partial charge in [0.1, 0.15) is 6.07 Å². The average molecular weight is 380 g/mol. The minimum atomic E-state index is -0.894. The lowest BCUT2D eigenvalue weighted by Gasteiger charge is -2.41. The van der Waals surface area contributed by atoms with Gasteiger partial charge in [-0.2, -0.15) is 5.26 Å². The average Bonchev–Trinajstić information content (AvgIpc) is 2.73. The summed E-state index contributed by atoms with van der Waals surface area (Å²) in [4.78, 5) is 19.2. The maximum atomic E-state index is 11.3. The summed E-state index contributed by atoms with van der Waals surface area (Å²) in [7, 11) is 0. The van der Waals surface area contributed by atoms with Crippen LogP contribution in [0, 0.1) is 11.3 Å². The molecule has 1 amide bonds. The number of amides is 1. The number of carboxylic acid groups (broad SMARTS) is 1. The second-order valence-electron chi connectivity index (χ2n) is 6.62. The third kappa shape index (κ3) is 3.86. The summed E-state index contributed by atoms with van der Waals surface area (Å²) in [6.45, 7) is 5.89. The van der Waals surface area contributed by atoms with Crippen molar-refractivity contribution < 1.29 is 14.6 Å². The molecule has 1 saturated heterocycles. The molecule has 7 heteroatoms. The van der Waals surface area contributed by atoms with Crippen LogP contribution in [0.3, 0.4) is 0 Å². The Kier molecular flexibility index (Phi) is 5.99. The largest absolute Gasteiger partial charge is 0.478 e. The van der Waals surface area contributed by atoms with Gasteiger partial charge in [-0.3, -0.25) is 0 Å². The highest BCUT2D eigenvalue weighted by Gasteiger charge is 2.29. The molecule has 0 radical (unpaired) electrons. The summed E-state index contributed by atoms with van der Waals surface area (Å²) < 4.78 is 5.61. The summed E-state index contributed by atoms with van der Waals surface area (Å²) >= 11 is 0. The van der Waals surface area contributed by atoms with Crippen molar-refractivity contribution in [2.45, 2.75) is 26.3 Å². The van der Waals surface area contributed by atoms with E-state index in [0.717, 1.165) is 23.2 Å². The van der Waals surface area contributed by atoms with Crippen LogP contribution in [0.5, 0.6) is 5.88 Å². The molecule has 1 atom stereocenters. The molecule has 1 aliphatic rings. The van der Waals surface area contributed by atoms with Gasteiger partial charge in [-0.05, 0) is 43.2 Å². The lowest BCUT2D eigenvalue weighted by Crippen LogP contribution is -2.54. The third-order valence-electron chi connectivity index (χ3n) is 5.01. The van der Waals surface area contributed by atoms with Crippen LogP contribution in [0.2, 0.25) is 0 Å². The molecule has 0 bridgehead atoms. The van der Waals surface area contributed by atoms with Crippen LogP contribution in [0.15, 0.2) is 36.5 Å². The molecule has 2 aromatic rings. The first-order valence-corrected chi connectivity index (χ1v) is 9.45. The fourth-order valence-corrected chi connectivity index (χ4v) is 3.60. The molecule has 7 nitrogen and oxygen atoms in total. The zero-order valence-electron chi connectivity index (χ0n) is 16.1. The Labute approximate surface area is 164 Å². The molecule has 146 valence electrons. The molecule has 1 N–H and O–H groups in total. The quantitative estimate of drug-likeness (QED) is 0.852. The van der Waals surface area contributed by atoms with Crippen LogP contribution in [0.4, 0.5) is 10.5 Å². The third-order valence-corrected chi connectivity index (χ3v) is 5.01. The Hall–Kier alpha value is -3.27. The fraction of sp³-hybridized carbons (Fsp3) is 0.381. The molecule has 28 heavy (non-hydrogen) atoms. The zero-order chi connectivity index (χ0) is 20.1. The molecule has 1 aromatic carbocycles. The molecule has 0 saturated carbocycles. The van der Waals surface area contributed by atoms with Crippen molar-refractivity contribution in [2.75, 3.05) is 31.1 Å². The summed E-state index contributed by atoms with van der Waals surface area (Å²) in [6, 6.07) is 11.9. The number of rotatable bonds is 5. The number of benzene rings is 1. The number of carbonyl (C=O) groups is 1. The fourth-order valence-electron chi connectivity index (χ4n) is 3.60. The standard InChI is InChI=1S/C21H24N4O3/c1-3-17-14-24(21(26)27)10-11-25(17)19-8-7-15(12-16(19)13-22)18-6-5-9-23-20(18)28-4-2/h5-9,12,17H,3-4,10-11,14H2,1-2H3,(H,26,27)/t17-/m1/s1. The van der Waals surface area contributed by atoms with Crippen molar-refractivity contribution in [3.63, 3.8) is 0 Å². The Bertz CT molecular complexity index is 893. The Morgan fingerprint density at radius 1 is 1.36 bits per heavy atom. The second kappa shape index (κ2) is 8.61. The minimum absolute atomic E-state index is 0.0418. The van der Waals surface area contributed by atoms with Crippen LogP contribution in [-0.2, 0) is 0 Å². The van der Waals surface area contributed by atoms with Gasteiger partial charge in [0.15, 0.2) is 0 Å². The van der Waals surface area contributed by atoms with Gasteiger partial charge >= 0.3 is 6.09 Å². The van der Waals surface area contributed by atoms with Crippen molar-refractivity contribution in [3.8, 4) is 23.1 Å². The topological polar surface area (TPSA) is 89.7 Å². The molecule has 3 rings (SSSR count). The van der Waals surface area contributed by atoms with Gasteiger partial charge in [-0.15, -0.1) is 0 Å². The van der Waals surface area contributed by atoms with E-state index in [-0.39, 0.29) is 6.04 Å². The van der Waals surface area contributed by atoms with Gasteiger partial charge in [-0.1, -0.05) is 13.0 Å². The molecule has 0 aliphatic carbocycles. The number of piperazine rings is 1. The van der Waals surface area contributed by atoms with E-state index < -0.39 is 6.09 Å². The number of ether oxygens (including phenoxy) is 1. The molecular formula is C21H24N4O3. The van der Waals surface area contributed by atoms with Gasteiger partial charge in [-0.25, -0.2) is 9.78 Å². The first-order chi connectivity index (χ1) is 13.6. The molecule has 1 aliphatic heterocycles. The molecule has 1 fully saturated rings. The molecule has 0 unspecified atom stereocenters. The second-order valence-corrected chi connectivity index (χ2v) is 6.62. The molecule has 2 heterocycles. The monoisotopic (exact) mass is 380 g/mol. The van der Waals surface area contributed by atoms with Gasteiger partial charge in [0, 0.05) is 37.4 Å². The zero-order valence-corrected chi connectivity index (χ0v) is 16.1. The Morgan fingerprint density at radius 2 is 2.18 bits per heavy atom. The lowest BCUT2D eigenvalue weighted by molar-refractivity contribution is 0.134. The SMILES string of the molecule is CCOc1ncccc1-c1ccc(N2CCN(C(=O)O)C[C@H]2CC)c(C#N)c1. The van der Waals surface area contributed by atoms with Crippen molar-refractivity contribution in [2.24, 2.45) is 0 Å². The van der Waals surface area contributed by atoms with Crippen LogP contribution >= 0.6 is 0 Å². The molecule has 0 spiro atoms. The van der Waals surface area contributed by atoms with Crippen molar-refractivity contribution in [1.82, 2.24) is 9.88 Å². The normalized spacial score (nSPS) is 16.5. The van der Waals surface area contributed by atoms with E-state index in [0.29, 0.717) is 37.7 Å². The van der Waals surface area contributed by atoms with E-state index in [9.17, 15) is 15.2 Å². The highest BCUT2D eigenvalue weighted by atomic mass is 16.5. The summed E-state index contributed by atoms with van der Waals surface area (Å²) in [5, 5.41) is 19.0. The van der Waals surface area contributed by atoms with Crippen molar-refractivity contribution >= 4 is 11.8 Å². The maximum absolute atomic E-state index is 11.3. The Morgan fingerprint density at radius 3 is 2.86 bits per heavy atom. The number of nitriles is 1. The number of nitrogens with zero attached hydrogens (tertiary/aromatic N) is 4. The van der Waals surface area contributed by atoms with Gasteiger partial charge in [0.05, 0.1) is 17.9 Å². The van der Waals surface area contributed by atoms with Gasteiger partial charge in [0.25, 0.3) is 0 Å². The predicted octanol–water partition coefficient (Wildman–Crippen LogP) is 3.60. The van der Waals surface area contributed by atoms with E-state index in [1.807, 2.05) is 44.2 Å². The van der Waals surface area contributed by atoms with E-state index in [1.54, 1.807) is 6.20 Å². The first-order valence-electron chi connectivity index (χ1n) is 9.45. The minimum Gasteiger partial charge on any atom is -0.478 e. The maximum Gasteiger partial charge on any atom is 0.407 e. The highest BCUT2D eigenvalue weighted by Crippen LogP contribution is 2.33. The van der Waals surface area contributed by atoms with Gasteiger partial charge in [0.2, 0.25) is 5.88 Å². The highest BCUT2D eigenvalue weighted by molar-refractivity contribution is 5.75. The van der Waals surface area contributed by atoms with E-state index in [4.69, 9.17) is 4.74 Å². The van der Waals surface area contributed by atoms with Crippen molar-refractivity contribution in [3.05, 3.63) is 42.1 Å². The van der Waals surface area contributed by atoms with Crippen LogP contribution < -0.4 is 9.64 Å². The molecular weight excluding hydrogens is 356 g/mol. The Balaban J connectivity index is 1.95. The van der Waals surface area contributed by atoms with E-state index in [1.165, 1.54) is 4.90 Å². The first kappa shape index (κ1) is 19.5. The smallest absolute Gasteiger partial charge is 0.407 e. The van der Waals surface area contributed by atoms with Crippen molar-refractivity contribution in [1.29, 1.82) is 5.26 Å². The summed E-state index contributed by atoms with van der Waals surface area (Å²) in [6.07, 6.45) is 1.59. The number of aromatic nitrogens is 1. The van der Waals surface area contributed by atoms with Crippen LogP contribution in [0.25, 0.3) is 11.1 Å². The van der Waals surface area contributed by atoms with E-state index >= 15 is 0 Å². The number of anilines is 1. The van der Waals surface area contributed by atoms with Crippen LogP contribution in [-0.4, -0.2) is 53.4 Å². The van der Waals surface area contributed by atoms with E-state index in [2.05, 4.69) is 16.0 Å². The summed E-state index contributed by atoms with van der Waals surface area (Å²) in [5.41, 5.74) is 3.11.